The van der Waals surface area contributed by atoms with Gasteiger partial charge in [-0.25, -0.2) is 9.59 Å². The number of hydrogen-bond acceptors (Lipinski definition) is 10. The molecule has 2 aliphatic rings. The second-order valence-corrected chi connectivity index (χ2v) is 14.0. The normalized spacial score (nSPS) is 19.4. The lowest BCUT2D eigenvalue weighted by atomic mass is 9.85. The maximum Gasteiger partial charge on any atom is 0.419 e. The Balaban J connectivity index is 1.41. The molecule has 2 heterocycles. The summed E-state index contributed by atoms with van der Waals surface area (Å²) < 4.78 is 37.2. The molecule has 0 aliphatic carbocycles. The number of hydrogen-bond donors (Lipinski definition) is 2. The van der Waals surface area contributed by atoms with Gasteiger partial charge in [0.15, 0.2) is 11.4 Å². The zero-order valence-electron chi connectivity index (χ0n) is 28.2. The van der Waals surface area contributed by atoms with Crippen molar-refractivity contribution in [3.05, 3.63) is 115 Å². The molecule has 50 heavy (non-hydrogen) atoms. The second-order valence-electron chi connectivity index (χ2n) is 12.1. The molecule has 0 spiro atoms. The van der Waals surface area contributed by atoms with E-state index in [1.807, 2.05) is 60.7 Å². The van der Waals surface area contributed by atoms with Gasteiger partial charge in [0.05, 0.1) is 39.6 Å². The lowest BCUT2D eigenvalue weighted by molar-refractivity contribution is -0.193. The van der Waals surface area contributed by atoms with Crippen LogP contribution in [0.5, 0.6) is 23.0 Å². The predicted molar refractivity (Wildman–Crippen MR) is 194 cm³/mol. The molecule has 2 N–H and O–H groups in total. The Kier molecular flexibility index (Phi) is 10.7. The smallest absolute Gasteiger partial charge is 0.419 e. The van der Waals surface area contributed by atoms with Crippen LogP contribution in [0.3, 0.4) is 0 Å². The van der Waals surface area contributed by atoms with Gasteiger partial charge >= 0.3 is 11.9 Å². The Labute approximate surface area is 308 Å². The largest absolute Gasteiger partial charge is 0.497 e. The van der Waals surface area contributed by atoms with E-state index in [1.54, 1.807) is 40.6 Å². The van der Waals surface area contributed by atoms with E-state index in [4.69, 9.17) is 28.4 Å². The number of halogens is 2. The van der Waals surface area contributed by atoms with Crippen LogP contribution < -0.4 is 29.6 Å². The van der Waals surface area contributed by atoms with Crippen LogP contribution in [0.15, 0.2) is 81.7 Å². The Hall–Kier alpha value is -4.10. The van der Waals surface area contributed by atoms with Crippen molar-refractivity contribution in [2.75, 3.05) is 41.5 Å². The summed E-state index contributed by atoms with van der Waals surface area (Å²) in [6.45, 7) is 0.924. The van der Waals surface area contributed by atoms with Crippen molar-refractivity contribution in [3.8, 4) is 23.0 Å². The maximum absolute atomic E-state index is 14.2. The van der Waals surface area contributed by atoms with Crippen LogP contribution in [0, 0.1) is 0 Å². The van der Waals surface area contributed by atoms with Gasteiger partial charge in [-0.05, 0) is 71.5 Å². The van der Waals surface area contributed by atoms with Gasteiger partial charge in [0.2, 0.25) is 0 Å². The van der Waals surface area contributed by atoms with Crippen molar-refractivity contribution in [2.45, 2.75) is 37.1 Å². The van der Waals surface area contributed by atoms with Crippen molar-refractivity contribution in [1.82, 2.24) is 10.6 Å². The third kappa shape index (κ3) is 7.20. The van der Waals surface area contributed by atoms with Crippen molar-refractivity contribution < 1.29 is 38.0 Å². The third-order valence-corrected chi connectivity index (χ3v) is 10.1. The Morgan fingerprint density at radius 1 is 0.600 bits per heavy atom. The number of fused-ring (bicyclic) bond motifs is 2. The number of rotatable bonds is 10. The number of methoxy groups -OCH3 is 4. The summed E-state index contributed by atoms with van der Waals surface area (Å²) in [5.74, 6) is -0.216. The van der Waals surface area contributed by atoms with Crippen molar-refractivity contribution in [1.29, 1.82) is 0 Å². The summed E-state index contributed by atoms with van der Waals surface area (Å²) in [7, 11) is 6.26. The van der Waals surface area contributed by atoms with E-state index in [0.29, 0.717) is 60.1 Å². The molecule has 10 nitrogen and oxygen atoms in total. The van der Waals surface area contributed by atoms with Gasteiger partial charge in [-0.3, -0.25) is 10.6 Å². The minimum atomic E-state index is -1.48. The van der Waals surface area contributed by atoms with Gasteiger partial charge in [-0.15, -0.1) is 0 Å². The van der Waals surface area contributed by atoms with E-state index in [0.717, 1.165) is 31.2 Å². The highest BCUT2D eigenvalue weighted by molar-refractivity contribution is 9.10. The molecule has 2 unspecified atom stereocenters. The number of nitrogens with one attached hydrogen (secondary N) is 2. The van der Waals surface area contributed by atoms with Crippen LogP contribution in [0.25, 0.3) is 0 Å². The average Bonchev–Trinajstić information content (AvgIpc) is 3.12. The highest BCUT2D eigenvalue weighted by Gasteiger charge is 2.48. The van der Waals surface area contributed by atoms with Crippen LogP contribution in [-0.4, -0.2) is 53.5 Å². The van der Waals surface area contributed by atoms with E-state index in [1.165, 1.54) is 0 Å². The molecule has 0 bridgehead atoms. The van der Waals surface area contributed by atoms with Gasteiger partial charge in [0.1, 0.15) is 23.0 Å². The van der Waals surface area contributed by atoms with Crippen molar-refractivity contribution >= 4 is 43.8 Å². The molecule has 12 heteroatoms. The number of carbonyl (C=O) groups is 2. The van der Waals surface area contributed by atoms with Crippen molar-refractivity contribution in [2.24, 2.45) is 0 Å². The summed E-state index contributed by atoms with van der Waals surface area (Å²) in [5, 5.41) is 6.83. The summed E-state index contributed by atoms with van der Waals surface area (Å²) >= 11 is 6.99. The molecule has 0 radical (unpaired) electrons. The maximum atomic E-state index is 14.2. The van der Waals surface area contributed by atoms with Gasteiger partial charge in [-0.1, -0.05) is 56.1 Å². The fourth-order valence-corrected chi connectivity index (χ4v) is 7.39. The number of benzene rings is 4. The van der Waals surface area contributed by atoms with E-state index >= 15 is 0 Å². The highest BCUT2D eigenvalue weighted by Crippen LogP contribution is 2.44. The molecule has 4 aromatic carbocycles. The standard InChI is InChI=1S/C38H38Br2N2O8/c1-45-29-17-25-13-15-41-37(33(25)31(19-29)47-3,21-23-5-9-27(39)10-6-23)49-35(43)36(44)50-38(22-24-7-11-28(40)12-8-24)34-26(14-16-42-38)18-30(46-2)20-32(34)48-4/h5-12,17-20,41-42H,13-16,21-22H2,1-4H3. The van der Waals surface area contributed by atoms with Crippen LogP contribution in [0.1, 0.15) is 33.4 Å². The van der Waals surface area contributed by atoms with Crippen molar-refractivity contribution in [3.63, 3.8) is 0 Å². The summed E-state index contributed by atoms with van der Waals surface area (Å²) in [6.07, 6.45) is 1.64. The zero-order chi connectivity index (χ0) is 35.5. The quantitative estimate of drug-likeness (QED) is 0.144. The minimum Gasteiger partial charge on any atom is -0.497 e. The fourth-order valence-electron chi connectivity index (χ4n) is 6.86. The first kappa shape index (κ1) is 35.7. The molecule has 4 aromatic rings. The minimum absolute atomic E-state index is 0.202. The lowest BCUT2D eigenvalue weighted by Crippen LogP contribution is -2.55. The Morgan fingerprint density at radius 2 is 0.980 bits per heavy atom. The fraction of sp³-hybridized carbons (Fsp3) is 0.316. The predicted octanol–water partition coefficient (Wildman–Crippen LogP) is 6.12. The molecule has 0 amide bonds. The molecule has 2 atom stereocenters. The van der Waals surface area contributed by atoms with E-state index in [-0.39, 0.29) is 12.8 Å². The van der Waals surface area contributed by atoms with Gasteiger partial charge < -0.3 is 28.4 Å². The number of carbonyl (C=O) groups excluding carboxylic acids is 2. The average molecular weight is 811 g/mol. The lowest BCUT2D eigenvalue weighted by Gasteiger charge is -2.42. The van der Waals surface area contributed by atoms with E-state index in [9.17, 15) is 9.59 Å². The summed E-state index contributed by atoms with van der Waals surface area (Å²) in [5.41, 5.74) is 1.72. The summed E-state index contributed by atoms with van der Waals surface area (Å²) in [6, 6.07) is 22.7. The molecule has 0 saturated carbocycles. The number of ether oxygens (including phenoxy) is 6. The first-order valence-electron chi connectivity index (χ1n) is 16.1. The van der Waals surface area contributed by atoms with E-state index < -0.39 is 23.4 Å². The van der Waals surface area contributed by atoms with Gasteiger partial charge in [-0.2, -0.15) is 0 Å². The molecule has 0 aromatic heterocycles. The van der Waals surface area contributed by atoms with Crippen LogP contribution in [-0.2, 0) is 56.2 Å². The van der Waals surface area contributed by atoms with Gasteiger partial charge in [0.25, 0.3) is 0 Å². The molecular formula is C38H38Br2N2O8. The summed E-state index contributed by atoms with van der Waals surface area (Å²) in [4.78, 5) is 28.4. The van der Waals surface area contributed by atoms with Crippen LogP contribution in [0.4, 0.5) is 0 Å². The van der Waals surface area contributed by atoms with E-state index in [2.05, 4.69) is 42.5 Å². The number of esters is 2. The molecular weight excluding hydrogens is 772 g/mol. The third-order valence-electron chi connectivity index (χ3n) is 9.08. The first-order chi connectivity index (χ1) is 24.1. The van der Waals surface area contributed by atoms with Crippen LogP contribution >= 0.6 is 31.9 Å². The topological polar surface area (TPSA) is 114 Å². The molecule has 2 aliphatic heterocycles. The van der Waals surface area contributed by atoms with Gasteiger partial charge in [0, 0.05) is 47.0 Å². The molecule has 0 saturated heterocycles. The molecule has 262 valence electrons. The first-order valence-corrected chi connectivity index (χ1v) is 17.7. The Bertz CT molecular complexity index is 1710. The SMILES string of the molecule is COc1cc2c(c(OC)c1)C(Cc1ccc(Br)cc1)(OC(=O)C(=O)OC1(Cc3ccc(Br)cc3)NCCc3cc(OC)cc(OC)c31)NCC2. The molecule has 6 rings (SSSR count). The van der Waals surface area contributed by atoms with Crippen LogP contribution in [0.2, 0.25) is 0 Å². The highest BCUT2D eigenvalue weighted by atomic mass is 79.9. The molecule has 0 fully saturated rings. The zero-order valence-corrected chi connectivity index (χ0v) is 31.4. The Morgan fingerprint density at radius 3 is 1.32 bits per heavy atom. The second kappa shape index (κ2) is 15.0. The monoisotopic (exact) mass is 808 g/mol.